The van der Waals surface area contributed by atoms with Crippen molar-refractivity contribution in [1.82, 2.24) is 4.98 Å². The van der Waals surface area contributed by atoms with Gasteiger partial charge >= 0.3 is 0 Å². The summed E-state index contributed by atoms with van der Waals surface area (Å²) < 4.78 is 13.4. The highest BCUT2D eigenvalue weighted by atomic mass is 19.1. The van der Waals surface area contributed by atoms with E-state index in [1.807, 2.05) is 12.1 Å². The number of aromatic amines is 1. The largest absolute Gasteiger partial charge is 0.358 e. The van der Waals surface area contributed by atoms with Crippen molar-refractivity contribution in [2.24, 2.45) is 11.3 Å². The summed E-state index contributed by atoms with van der Waals surface area (Å²) in [6.45, 7) is 4.31. The van der Waals surface area contributed by atoms with Crippen LogP contribution in [0, 0.1) is 28.5 Å². The molecule has 1 N–H and O–H groups in total. The number of hydrogen-bond donors (Lipinski definition) is 1. The Morgan fingerprint density at radius 3 is 2.54 bits per heavy atom. The van der Waals surface area contributed by atoms with Crippen LogP contribution in [0.2, 0.25) is 0 Å². The second kappa shape index (κ2) is 5.21. The first kappa shape index (κ1) is 15.0. The van der Waals surface area contributed by atoms with Gasteiger partial charge in [0.25, 0.3) is 0 Å². The molecule has 1 aromatic heterocycles. The van der Waals surface area contributed by atoms with Gasteiger partial charge < -0.3 is 4.98 Å². The summed E-state index contributed by atoms with van der Waals surface area (Å²) in [5.74, 6) is -0.482. The summed E-state index contributed by atoms with van der Waals surface area (Å²) >= 11 is 0. The van der Waals surface area contributed by atoms with E-state index >= 15 is 0 Å². The summed E-state index contributed by atoms with van der Waals surface area (Å²) in [5, 5.41) is 11.1. The second-order valence-corrected chi connectivity index (χ2v) is 7.36. The quantitative estimate of drug-likeness (QED) is 0.661. The van der Waals surface area contributed by atoms with Crippen molar-refractivity contribution in [3.05, 3.63) is 71.2 Å². The minimum Gasteiger partial charge on any atom is -0.358 e. The molecule has 1 heterocycles. The molecule has 3 heteroatoms. The Kier molecular flexibility index (Phi) is 3.25. The fourth-order valence-electron chi connectivity index (χ4n) is 4.14. The van der Waals surface area contributed by atoms with Gasteiger partial charge in [0, 0.05) is 22.5 Å². The van der Waals surface area contributed by atoms with E-state index in [0.717, 1.165) is 23.2 Å². The van der Waals surface area contributed by atoms with Crippen LogP contribution in [0.3, 0.4) is 0 Å². The third kappa shape index (κ3) is 2.14. The molecule has 4 rings (SSSR count). The van der Waals surface area contributed by atoms with Crippen LogP contribution in [0.15, 0.2) is 48.5 Å². The maximum Gasteiger partial charge on any atom is 0.123 e. The van der Waals surface area contributed by atoms with Gasteiger partial charge in [-0.05, 0) is 41.2 Å². The SMILES string of the molecule is CC1(C)Cc2c([nH]c3ccccc23)[C@@H](c2ccc(F)cc2)[C@@H]1C#N. The van der Waals surface area contributed by atoms with Crippen LogP contribution in [0.5, 0.6) is 0 Å². The van der Waals surface area contributed by atoms with E-state index in [-0.39, 0.29) is 23.1 Å². The van der Waals surface area contributed by atoms with Gasteiger partial charge in [0.1, 0.15) is 5.82 Å². The van der Waals surface area contributed by atoms with Crippen LogP contribution in [0.25, 0.3) is 10.9 Å². The Morgan fingerprint density at radius 2 is 1.83 bits per heavy atom. The molecule has 0 amide bonds. The van der Waals surface area contributed by atoms with Crippen LogP contribution in [-0.4, -0.2) is 4.98 Å². The molecule has 2 aromatic carbocycles. The number of hydrogen-bond acceptors (Lipinski definition) is 1. The third-order valence-electron chi connectivity index (χ3n) is 5.33. The molecule has 120 valence electrons. The van der Waals surface area contributed by atoms with Gasteiger partial charge in [0.15, 0.2) is 0 Å². The molecule has 0 radical (unpaired) electrons. The fourth-order valence-corrected chi connectivity index (χ4v) is 4.14. The number of rotatable bonds is 1. The van der Waals surface area contributed by atoms with E-state index in [1.54, 1.807) is 12.1 Å². The molecule has 2 atom stereocenters. The number of benzene rings is 2. The molecule has 0 spiro atoms. The highest BCUT2D eigenvalue weighted by Gasteiger charge is 2.44. The molecule has 0 aliphatic heterocycles. The Labute approximate surface area is 140 Å². The summed E-state index contributed by atoms with van der Waals surface area (Å²) in [5.41, 5.74) is 4.34. The molecule has 24 heavy (non-hydrogen) atoms. The van der Waals surface area contributed by atoms with Gasteiger partial charge in [-0.3, -0.25) is 0 Å². The monoisotopic (exact) mass is 318 g/mol. The van der Waals surface area contributed by atoms with E-state index in [0.29, 0.717) is 0 Å². The molecule has 1 aliphatic carbocycles. The maximum absolute atomic E-state index is 13.4. The van der Waals surface area contributed by atoms with Crippen molar-refractivity contribution in [2.75, 3.05) is 0 Å². The first-order valence-electron chi connectivity index (χ1n) is 8.26. The number of fused-ring (bicyclic) bond motifs is 3. The number of halogens is 1. The second-order valence-electron chi connectivity index (χ2n) is 7.36. The lowest BCUT2D eigenvalue weighted by Crippen LogP contribution is -2.36. The summed E-state index contributed by atoms with van der Waals surface area (Å²) in [6, 6.07) is 17.4. The predicted octanol–water partition coefficient (Wildman–Crippen LogP) is 5.16. The molecule has 2 nitrogen and oxygen atoms in total. The standard InChI is InChI=1S/C21H19FN2/c1-21(2)11-16-15-5-3-4-6-18(15)24-20(16)19(17(21)12-23)13-7-9-14(22)10-8-13/h3-10,17,19,24H,11H2,1-2H3/t17-,19-/m0/s1. The van der Waals surface area contributed by atoms with Gasteiger partial charge in [-0.1, -0.05) is 44.2 Å². The lowest BCUT2D eigenvalue weighted by Gasteiger charge is -2.40. The third-order valence-corrected chi connectivity index (χ3v) is 5.33. The number of nitrogens with one attached hydrogen (secondary N) is 1. The van der Waals surface area contributed by atoms with Gasteiger partial charge in [0.2, 0.25) is 0 Å². The number of H-pyrrole nitrogens is 1. The van der Waals surface area contributed by atoms with E-state index in [9.17, 15) is 9.65 Å². The molecule has 0 bridgehead atoms. The number of nitrogens with zero attached hydrogens (tertiary/aromatic N) is 1. The minimum absolute atomic E-state index is 0.0678. The summed E-state index contributed by atoms with van der Waals surface area (Å²) in [6.07, 6.45) is 0.863. The highest BCUT2D eigenvalue weighted by molar-refractivity contribution is 5.85. The lowest BCUT2D eigenvalue weighted by atomic mass is 9.62. The van der Waals surface area contributed by atoms with Gasteiger partial charge in [-0.25, -0.2) is 4.39 Å². The topological polar surface area (TPSA) is 39.6 Å². The zero-order valence-corrected chi connectivity index (χ0v) is 13.8. The predicted molar refractivity (Wildman–Crippen MR) is 93.1 cm³/mol. The van der Waals surface area contributed by atoms with Crippen LogP contribution >= 0.6 is 0 Å². The Bertz CT molecular complexity index is 944. The number of nitriles is 1. The number of para-hydroxylation sites is 1. The molecular weight excluding hydrogens is 299 g/mol. The van der Waals surface area contributed by atoms with E-state index < -0.39 is 0 Å². The van der Waals surface area contributed by atoms with E-state index in [4.69, 9.17) is 0 Å². The van der Waals surface area contributed by atoms with Crippen molar-refractivity contribution in [3.63, 3.8) is 0 Å². The summed E-state index contributed by atoms with van der Waals surface area (Å²) in [4.78, 5) is 3.54. The Morgan fingerprint density at radius 1 is 1.12 bits per heavy atom. The highest BCUT2D eigenvalue weighted by Crippen LogP contribution is 2.50. The molecule has 0 unspecified atom stereocenters. The van der Waals surface area contributed by atoms with Crippen molar-refractivity contribution in [2.45, 2.75) is 26.2 Å². The lowest BCUT2D eigenvalue weighted by molar-refractivity contribution is 0.224. The molecular formula is C21H19FN2. The Balaban J connectivity index is 1.99. The molecule has 0 fully saturated rings. The first-order chi connectivity index (χ1) is 11.5. The average molecular weight is 318 g/mol. The van der Waals surface area contributed by atoms with E-state index in [2.05, 4.69) is 37.0 Å². The first-order valence-corrected chi connectivity index (χ1v) is 8.26. The molecule has 0 saturated heterocycles. The van der Waals surface area contributed by atoms with Crippen molar-refractivity contribution in [3.8, 4) is 6.07 Å². The van der Waals surface area contributed by atoms with Gasteiger partial charge in [-0.2, -0.15) is 5.26 Å². The average Bonchev–Trinajstić information content (AvgIpc) is 2.91. The van der Waals surface area contributed by atoms with Crippen LogP contribution < -0.4 is 0 Å². The van der Waals surface area contributed by atoms with Crippen LogP contribution in [0.1, 0.15) is 36.6 Å². The maximum atomic E-state index is 13.4. The molecule has 0 saturated carbocycles. The van der Waals surface area contributed by atoms with Crippen LogP contribution in [0.4, 0.5) is 4.39 Å². The van der Waals surface area contributed by atoms with Gasteiger partial charge in [-0.15, -0.1) is 0 Å². The van der Waals surface area contributed by atoms with Crippen molar-refractivity contribution < 1.29 is 4.39 Å². The van der Waals surface area contributed by atoms with Crippen molar-refractivity contribution in [1.29, 1.82) is 5.26 Å². The normalized spacial score (nSPS) is 22.1. The van der Waals surface area contributed by atoms with Gasteiger partial charge in [0.05, 0.1) is 12.0 Å². The summed E-state index contributed by atoms with van der Waals surface area (Å²) in [7, 11) is 0. The van der Waals surface area contributed by atoms with E-state index in [1.165, 1.54) is 23.1 Å². The molecule has 3 aromatic rings. The zero-order chi connectivity index (χ0) is 16.9. The zero-order valence-electron chi connectivity index (χ0n) is 13.8. The molecule has 1 aliphatic rings. The fraction of sp³-hybridized carbons (Fsp3) is 0.286. The smallest absolute Gasteiger partial charge is 0.123 e. The minimum atomic E-state index is -0.251. The van der Waals surface area contributed by atoms with Crippen LogP contribution in [-0.2, 0) is 6.42 Å². The Hall–Kier alpha value is -2.60. The van der Waals surface area contributed by atoms with Crippen molar-refractivity contribution >= 4 is 10.9 Å². The number of aromatic nitrogens is 1.